The predicted molar refractivity (Wildman–Crippen MR) is 130 cm³/mol. The highest BCUT2D eigenvalue weighted by atomic mass is 28.4. The van der Waals surface area contributed by atoms with Crippen molar-refractivity contribution in [2.45, 2.75) is 75.6 Å². The summed E-state index contributed by atoms with van der Waals surface area (Å²) in [6.07, 6.45) is 4.17. The van der Waals surface area contributed by atoms with E-state index in [0.717, 1.165) is 19.1 Å². The van der Waals surface area contributed by atoms with Gasteiger partial charge in [-0.05, 0) is 28.3 Å². The molecule has 2 saturated heterocycles. The molecule has 0 amide bonds. The first kappa shape index (κ1) is 23.1. The van der Waals surface area contributed by atoms with Gasteiger partial charge in [-0.3, -0.25) is 0 Å². The van der Waals surface area contributed by atoms with Gasteiger partial charge in [0.15, 0.2) is 6.29 Å². The first-order chi connectivity index (χ1) is 15.4. The molecule has 0 spiro atoms. The van der Waals surface area contributed by atoms with Crippen molar-refractivity contribution in [3.8, 4) is 0 Å². The van der Waals surface area contributed by atoms with Crippen LogP contribution in [0.25, 0.3) is 0 Å². The fourth-order valence-corrected chi connectivity index (χ4v) is 9.72. The molecule has 2 aromatic carbocycles. The molecule has 32 heavy (non-hydrogen) atoms. The molecule has 2 aromatic rings. The van der Waals surface area contributed by atoms with Gasteiger partial charge in [-0.2, -0.15) is 0 Å². The molecule has 5 atom stereocenters. The topological polar surface area (TPSA) is 48.1 Å². The quantitative estimate of drug-likeness (QED) is 0.289. The fourth-order valence-electron chi connectivity index (χ4n) is 5.02. The van der Waals surface area contributed by atoms with E-state index in [2.05, 4.69) is 75.9 Å². The van der Waals surface area contributed by atoms with E-state index in [1.165, 1.54) is 10.4 Å². The zero-order valence-corrected chi connectivity index (χ0v) is 20.3. The number of hydrogen-bond acceptors (Lipinski definition) is 4. The molecule has 170 valence electrons. The number of aldehydes is 1. The molecule has 0 aliphatic carbocycles. The van der Waals surface area contributed by atoms with Gasteiger partial charge in [-0.15, -0.1) is 6.58 Å². The van der Waals surface area contributed by atoms with Gasteiger partial charge in [-0.25, -0.2) is 0 Å². The molecule has 2 aliphatic heterocycles. The molecule has 2 aliphatic rings. The lowest BCUT2D eigenvalue weighted by atomic mass is 10.1. The molecule has 0 radical (unpaired) electrons. The Balaban J connectivity index is 1.82. The summed E-state index contributed by atoms with van der Waals surface area (Å²) in [5.41, 5.74) is 0. The summed E-state index contributed by atoms with van der Waals surface area (Å²) in [6, 6.07) is 21.0. The molecule has 0 bridgehead atoms. The maximum absolute atomic E-state index is 12.3. The van der Waals surface area contributed by atoms with E-state index in [1.807, 2.05) is 12.1 Å². The lowest BCUT2D eigenvalue weighted by Crippen LogP contribution is -2.68. The highest BCUT2D eigenvalue weighted by Crippen LogP contribution is 2.41. The van der Waals surface area contributed by atoms with E-state index in [4.69, 9.17) is 13.9 Å². The molecule has 0 saturated carbocycles. The predicted octanol–water partition coefficient (Wildman–Crippen LogP) is 4.02. The number of epoxide rings is 1. The third kappa shape index (κ3) is 4.53. The smallest absolute Gasteiger partial charge is 0.261 e. The van der Waals surface area contributed by atoms with E-state index in [-0.39, 0.29) is 23.4 Å². The summed E-state index contributed by atoms with van der Waals surface area (Å²) < 4.78 is 19.5. The van der Waals surface area contributed by atoms with E-state index in [1.54, 1.807) is 6.08 Å². The zero-order valence-electron chi connectivity index (χ0n) is 19.3. The third-order valence-electron chi connectivity index (χ3n) is 6.73. The summed E-state index contributed by atoms with van der Waals surface area (Å²) in [4.78, 5) is 12.3. The Labute approximate surface area is 192 Å². The summed E-state index contributed by atoms with van der Waals surface area (Å²) in [6.45, 7) is 10.6. The number of rotatable bonds is 6. The third-order valence-corrected chi connectivity index (χ3v) is 11.8. The minimum atomic E-state index is -2.81. The van der Waals surface area contributed by atoms with Crippen LogP contribution in [-0.4, -0.2) is 45.1 Å². The first-order valence-electron chi connectivity index (χ1n) is 11.6. The molecule has 5 heteroatoms. The Bertz CT molecular complexity index is 869. The van der Waals surface area contributed by atoms with Gasteiger partial charge in [0.25, 0.3) is 8.32 Å². The maximum atomic E-state index is 12.3. The first-order valence-corrected chi connectivity index (χ1v) is 13.5. The van der Waals surface area contributed by atoms with Crippen LogP contribution in [0.1, 0.15) is 40.0 Å². The fraction of sp³-hybridized carbons (Fsp3) is 0.444. The van der Waals surface area contributed by atoms with Crippen molar-refractivity contribution in [1.82, 2.24) is 0 Å². The minimum absolute atomic E-state index is 0.118. The van der Waals surface area contributed by atoms with Crippen LogP contribution in [-0.2, 0) is 18.7 Å². The lowest BCUT2D eigenvalue weighted by molar-refractivity contribution is -0.129. The number of ether oxygens (including phenoxy) is 2. The molecule has 0 unspecified atom stereocenters. The largest absolute Gasteiger partial charge is 0.401 e. The summed E-state index contributed by atoms with van der Waals surface area (Å²) in [5, 5.41) is 2.21. The van der Waals surface area contributed by atoms with Crippen LogP contribution in [0, 0.1) is 0 Å². The minimum Gasteiger partial charge on any atom is -0.401 e. The van der Waals surface area contributed by atoms with Crippen molar-refractivity contribution in [1.29, 1.82) is 0 Å². The van der Waals surface area contributed by atoms with Crippen molar-refractivity contribution in [3.05, 3.63) is 73.3 Å². The second-order valence-corrected chi connectivity index (χ2v) is 14.1. The molecule has 2 fully saturated rings. The van der Waals surface area contributed by atoms with Crippen LogP contribution >= 0.6 is 0 Å². The molecular formula is C27H34O4Si. The Morgan fingerprint density at radius 1 is 0.938 bits per heavy atom. The van der Waals surface area contributed by atoms with Crippen LogP contribution in [0.5, 0.6) is 0 Å². The number of hydrogen-bond donors (Lipinski definition) is 0. The monoisotopic (exact) mass is 450 g/mol. The van der Waals surface area contributed by atoms with E-state index < -0.39 is 20.5 Å². The molecule has 4 nitrogen and oxygen atoms in total. The average molecular weight is 451 g/mol. The van der Waals surface area contributed by atoms with Crippen LogP contribution in [0.4, 0.5) is 0 Å². The van der Waals surface area contributed by atoms with Crippen molar-refractivity contribution < 1.29 is 18.7 Å². The van der Waals surface area contributed by atoms with Crippen LogP contribution in [0.15, 0.2) is 73.3 Å². The zero-order chi connectivity index (χ0) is 22.8. The molecule has 4 rings (SSSR count). The summed E-state index contributed by atoms with van der Waals surface area (Å²) in [7, 11) is -2.81. The van der Waals surface area contributed by atoms with E-state index in [9.17, 15) is 4.79 Å². The van der Waals surface area contributed by atoms with Crippen molar-refractivity contribution in [2.24, 2.45) is 0 Å². The van der Waals surface area contributed by atoms with Crippen LogP contribution < -0.4 is 10.4 Å². The van der Waals surface area contributed by atoms with Crippen molar-refractivity contribution in [2.75, 3.05) is 0 Å². The van der Waals surface area contributed by atoms with Gasteiger partial charge in [0.05, 0.1) is 24.4 Å². The number of carbonyl (C=O) groups excluding carboxylic acids is 1. The summed E-state index contributed by atoms with van der Waals surface area (Å²) >= 11 is 0. The molecule has 0 N–H and O–H groups in total. The van der Waals surface area contributed by atoms with E-state index >= 15 is 0 Å². The van der Waals surface area contributed by atoms with Gasteiger partial charge in [-0.1, -0.05) is 87.5 Å². The maximum Gasteiger partial charge on any atom is 0.261 e. The Morgan fingerprint density at radius 3 is 2.03 bits per heavy atom. The van der Waals surface area contributed by atoms with Crippen LogP contribution in [0.3, 0.4) is 0 Å². The number of fused-ring (bicyclic) bond motifs is 1. The standard InChI is InChI=1S/C27H34O4Si/c1-5-20-16-17-23-24(30-23)18-25(26(19-28)29-20)31-32(27(2,3)4,21-12-8-6-9-13-21)22-14-10-7-11-15-22/h5-15,19-20,23-26H,1,16-18H2,2-4H3/t20-,23+,24-,25-,26+/m0/s1. The highest BCUT2D eigenvalue weighted by Gasteiger charge is 2.54. The number of carbonyl (C=O) groups is 1. The highest BCUT2D eigenvalue weighted by molar-refractivity contribution is 6.99. The van der Waals surface area contributed by atoms with Gasteiger partial charge in [0, 0.05) is 6.42 Å². The average Bonchev–Trinajstić information content (AvgIpc) is 3.54. The lowest BCUT2D eigenvalue weighted by Gasteiger charge is -2.46. The molecule has 0 aromatic heterocycles. The Morgan fingerprint density at radius 2 is 1.53 bits per heavy atom. The van der Waals surface area contributed by atoms with Crippen molar-refractivity contribution >= 4 is 25.0 Å². The van der Waals surface area contributed by atoms with Gasteiger partial charge >= 0.3 is 0 Å². The van der Waals surface area contributed by atoms with Gasteiger partial charge in [0.1, 0.15) is 6.10 Å². The Kier molecular flexibility index (Phi) is 6.82. The van der Waals surface area contributed by atoms with Crippen LogP contribution in [0.2, 0.25) is 5.04 Å². The second-order valence-electron chi connectivity index (χ2n) is 9.86. The van der Waals surface area contributed by atoms with E-state index in [0.29, 0.717) is 6.42 Å². The second kappa shape index (κ2) is 9.44. The van der Waals surface area contributed by atoms with Crippen molar-refractivity contribution in [3.63, 3.8) is 0 Å². The SMILES string of the molecule is C=C[C@H]1CC[C@H]2O[C@H]2C[C@H](O[Si](c2ccccc2)(c2ccccc2)C(C)(C)C)[C@@H](C=O)O1. The molecular weight excluding hydrogens is 416 g/mol. The molecule has 2 heterocycles. The number of benzene rings is 2. The normalized spacial score (nSPS) is 28.5. The van der Waals surface area contributed by atoms with Gasteiger partial charge in [0.2, 0.25) is 0 Å². The summed E-state index contributed by atoms with van der Waals surface area (Å²) in [5.74, 6) is 0. The Hall–Kier alpha value is -2.05. The van der Waals surface area contributed by atoms with Gasteiger partial charge < -0.3 is 18.7 Å².